The number of imide groups is 1. The third kappa shape index (κ3) is 6.08. The van der Waals surface area contributed by atoms with Gasteiger partial charge < -0.3 is 14.6 Å². The van der Waals surface area contributed by atoms with Crippen LogP contribution in [0.4, 0.5) is 4.79 Å². The normalized spacial score (nSPS) is 10.4. The lowest BCUT2D eigenvalue weighted by Gasteiger charge is -2.09. The molecule has 0 aliphatic carbocycles. The van der Waals surface area contributed by atoms with Gasteiger partial charge in [-0.3, -0.25) is 19.7 Å². The third-order valence-corrected chi connectivity index (χ3v) is 3.43. The first-order chi connectivity index (χ1) is 10.3. The fourth-order valence-electron chi connectivity index (χ4n) is 1.56. The fourth-order valence-corrected chi connectivity index (χ4v) is 2.32. The highest BCUT2D eigenvalue weighted by Gasteiger charge is 2.12. The number of ether oxygens (including phenoxy) is 1. The molecule has 0 aliphatic heterocycles. The van der Waals surface area contributed by atoms with E-state index in [1.807, 2.05) is 5.32 Å². The molecule has 3 amide bonds. The molecule has 0 aliphatic rings. The second-order valence-electron chi connectivity index (χ2n) is 4.88. The van der Waals surface area contributed by atoms with Crippen LogP contribution in [0.3, 0.4) is 0 Å². The summed E-state index contributed by atoms with van der Waals surface area (Å²) in [7, 11) is 0. The number of hydrogen-bond donors (Lipinski definition) is 2. The average Bonchev–Trinajstić information content (AvgIpc) is 2.72. The molecular formula is C13H19N3O5S. The van der Waals surface area contributed by atoms with Crippen LogP contribution in [0.2, 0.25) is 0 Å². The average molecular weight is 329 g/mol. The number of esters is 1. The number of carbonyl (C=O) groups is 3. The maximum Gasteiger partial charge on any atom is 0.321 e. The number of nitrogens with zero attached hydrogens (tertiary/aromatic N) is 1. The lowest BCUT2D eigenvalue weighted by molar-refractivity contribution is -0.148. The molecule has 22 heavy (non-hydrogen) atoms. The maximum absolute atomic E-state index is 11.5. The molecule has 2 N–H and O–H groups in total. The van der Waals surface area contributed by atoms with Gasteiger partial charge in [0.2, 0.25) is 0 Å². The van der Waals surface area contributed by atoms with Gasteiger partial charge in [-0.1, -0.05) is 11.3 Å². The maximum atomic E-state index is 11.5. The molecule has 0 bridgehead atoms. The van der Waals surface area contributed by atoms with Crippen molar-refractivity contribution in [3.05, 3.63) is 20.7 Å². The lowest BCUT2D eigenvalue weighted by Crippen LogP contribution is -2.44. The summed E-state index contributed by atoms with van der Waals surface area (Å²) in [5.74, 6) is -1.33. The van der Waals surface area contributed by atoms with Crippen molar-refractivity contribution < 1.29 is 19.1 Å². The Labute approximate surface area is 131 Å². The summed E-state index contributed by atoms with van der Waals surface area (Å²) in [5.41, 5.74) is 0.769. The fraction of sp³-hybridized carbons (Fsp3) is 0.538. The van der Waals surface area contributed by atoms with Gasteiger partial charge in [0, 0.05) is 23.7 Å². The van der Waals surface area contributed by atoms with E-state index in [-0.39, 0.29) is 23.9 Å². The number of hydrogen-bond acceptors (Lipinski definition) is 6. The summed E-state index contributed by atoms with van der Waals surface area (Å²) in [6.45, 7) is 4.92. The van der Waals surface area contributed by atoms with Crippen LogP contribution in [0.25, 0.3) is 0 Å². The molecule has 122 valence electrons. The zero-order valence-electron chi connectivity index (χ0n) is 12.7. The molecule has 0 saturated carbocycles. The van der Waals surface area contributed by atoms with Gasteiger partial charge in [-0.15, -0.1) is 0 Å². The summed E-state index contributed by atoms with van der Waals surface area (Å²) in [6, 6.07) is -0.751. The van der Waals surface area contributed by atoms with E-state index in [1.54, 1.807) is 26.2 Å². The van der Waals surface area contributed by atoms with Crippen molar-refractivity contribution >= 4 is 29.2 Å². The molecule has 0 unspecified atom stereocenters. The van der Waals surface area contributed by atoms with Crippen molar-refractivity contribution in [2.45, 2.75) is 39.8 Å². The number of urea groups is 1. The van der Waals surface area contributed by atoms with E-state index < -0.39 is 24.5 Å². The van der Waals surface area contributed by atoms with Gasteiger partial charge in [0.05, 0.1) is 6.42 Å². The van der Waals surface area contributed by atoms with Crippen LogP contribution < -0.4 is 15.5 Å². The van der Waals surface area contributed by atoms with E-state index in [9.17, 15) is 19.2 Å². The van der Waals surface area contributed by atoms with Crippen LogP contribution in [0, 0.1) is 6.92 Å². The number of nitrogens with one attached hydrogen (secondary N) is 2. The standard InChI is InChI=1S/C13H19N3O5S/c1-8(2)14-12(19)15-10(17)6-21-11(18)4-5-16-9(3)7-22-13(16)20/h7-8H,4-6H2,1-3H3,(H2,14,15,17,19). The number of aromatic nitrogens is 1. The van der Waals surface area contributed by atoms with Crippen LogP contribution in [0.5, 0.6) is 0 Å². The third-order valence-electron chi connectivity index (χ3n) is 2.55. The first-order valence-corrected chi connectivity index (χ1v) is 7.58. The molecule has 1 aromatic rings. The summed E-state index contributed by atoms with van der Waals surface area (Å²) >= 11 is 1.06. The van der Waals surface area contributed by atoms with Crippen LogP contribution in [0.15, 0.2) is 10.2 Å². The minimum absolute atomic E-state index is 0.0249. The predicted octanol–water partition coefficient (Wildman–Crippen LogP) is 0.386. The van der Waals surface area contributed by atoms with E-state index in [1.165, 1.54) is 4.57 Å². The molecule has 0 fully saturated rings. The summed E-state index contributed by atoms with van der Waals surface area (Å²) < 4.78 is 6.21. The van der Waals surface area contributed by atoms with Crippen LogP contribution >= 0.6 is 11.3 Å². The van der Waals surface area contributed by atoms with Gasteiger partial charge in [0.25, 0.3) is 5.91 Å². The Morgan fingerprint density at radius 3 is 2.59 bits per heavy atom. The van der Waals surface area contributed by atoms with Gasteiger partial charge in [-0.25, -0.2) is 4.79 Å². The molecule has 0 radical (unpaired) electrons. The van der Waals surface area contributed by atoms with Crippen LogP contribution in [0.1, 0.15) is 26.0 Å². The highest BCUT2D eigenvalue weighted by Crippen LogP contribution is 2.01. The first-order valence-electron chi connectivity index (χ1n) is 6.70. The Hall–Kier alpha value is -2.16. The monoisotopic (exact) mass is 329 g/mol. The Morgan fingerprint density at radius 2 is 2.05 bits per heavy atom. The highest BCUT2D eigenvalue weighted by atomic mass is 32.1. The van der Waals surface area contributed by atoms with Crippen molar-refractivity contribution in [1.82, 2.24) is 15.2 Å². The van der Waals surface area contributed by atoms with Crippen LogP contribution in [-0.4, -0.2) is 35.1 Å². The van der Waals surface area contributed by atoms with Gasteiger partial charge in [-0.2, -0.15) is 0 Å². The molecule has 9 heteroatoms. The van der Waals surface area contributed by atoms with E-state index in [0.29, 0.717) is 0 Å². The molecule has 1 aromatic heterocycles. The molecule has 0 spiro atoms. The smallest absolute Gasteiger partial charge is 0.321 e. The van der Waals surface area contributed by atoms with Gasteiger partial charge in [0.15, 0.2) is 6.61 Å². The molecule has 1 rings (SSSR count). The number of carbonyl (C=O) groups excluding carboxylic acids is 3. The largest absolute Gasteiger partial charge is 0.456 e. The minimum atomic E-state index is -0.713. The molecule has 0 saturated heterocycles. The van der Waals surface area contributed by atoms with E-state index in [0.717, 1.165) is 17.0 Å². The van der Waals surface area contributed by atoms with E-state index in [4.69, 9.17) is 4.74 Å². The highest BCUT2D eigenvalue weighted by molar-refractivity contribution is 7.07. The van der Waals surface area contributed by atoms with Crippen molar-refractivity contribution in [3.8, 4) is 0 Å². The zero-order chi connectivity index (χ0) is 16.7. The Bertz CT molecular complexity index is 605. The van der Waals surface area contributed by atoms with Crippen molar-refractivity contribution in [1.29, 1.82) is 0 Å². The number of aryl methyl sites for hydroxylation is 1. The lowest BCUT2D eigenvalue weighted by atomic mass is 10.4. The van der Waals surface area contributed by atoms with Crippen molar-refractivity contribution in [2.75, 3.05) is 6.61 Å². The quantitative estimate of drug-likeness (QED) is 0.734. The molecule has 0 atom stereocenters. The summed E-state index contributed by atoms with van der Waals surface area (Å²) in [6.07, 6.45) is -0.0249. The Balaban J connectivity index is 2.30. The number of amides is 3. The van der Waals surface area contributed by atoms with E-state index >= 15 is 0 Å². The zero-order valence-corrected chi connectivity index (χ0v) is 13.5. The first kappa shape index (κ1) is 17.9. The Morgan fingerprint density at radius 1 is 1.36 bits per heavy atom. The van der Waals surface area contributed by atoms with Gasteiger partial charge in [0.1, 0.15) is 0 Å². The van der Waals surface area contributed by atoms with Crippen LogP contribution in [-0.2, 0) is 20.9 Å². The molecular weight excluding hydrogens is 310 g/mol. The van der Waals surface area contributed by atoms with Crippen molar-refractivity contribution in [3.63, 3.8) is 0 Å². The molecule has 0 aromatic carbocycles. The number of rotatable bonds is 6. The topological polar surface area (TPSA) is 106 Å². The summed E-state index contributed by atoms with van der Waals surface area (Å²) in [4.78, 5) is 45.4. The number of thiazole rings is 1. The van der Waals surface area contributed by atoms with Gasteiger partial charge in [-0.05, 0) is 20.8 Å². The Kier molecular flexibility index (Phi) is 6.77. The minimum Gasteiger partial charge on any atom is -0.456 e. The second-order valence-corrected chi connectivity index (χ2v) is 5.70. The molecule has 8 nitrogen and oxygen atoms in total. The SMILES string of the molecule is Cc1csc(=O)n1CCC(=O)OCC(=O)NC(=O)NC(C)C. The predicted molar refractivity (Wildman–Crippen MR) is 80.7 cm³/mol. The summed E-state index contributed by atoms with van der Waals surface area (Å²) in [5, 5.41) is 6.21. The second kappa shape index (κ2) is 8.32. The van der Waals surface area contributed by atoms with E-state index in [2.05, 4.69) is 5.32 Å². The van der Waals surface area contributed by atoms with Crippen molar-refractivity contribution in [2.24, 2.45) is 0 Å². The van der Waals surface area contributed by atoms with Gasteiger partial charge >= 0.3 is 16.9 Å². The molecule has 1 heterocycles.